The van der Waals surface area contributed by atoms with Crippen LogP contribution in [-0.4, -0.2) is 14.2 Å². The minimum absolute atomic E-state index is 0.134. The Balaban J connectivity index is 2.40. The van der Waals surface area contributed by atoms with E-state index >= 15 is 0 Å². The number of nitrogens with two attached hydrogens (primary N) is 1. The Morgan fingerprint density at radius 2 is 1.60 bits per heavy atom. The van der Waals surface area contributed by atoms with Gasteiger partial charge in [-0.05, 0) is 41.5 Å². The molecule has 0 saturated carbocycles. The molecule has 0 aromatic heterocycles. The average Bonchev–Trinajstić information content (AvgIpc) is 2.50. The third kappa shape index (κ3) is 3.12. The van der Waals surface area contributed by atoms with Gasteiger partial charge in [0.05, 0.1) is 20.3 Å². The number of hydrogen-bond acceptors (Lipinski definition) is 4. The Hall–Kier alpha value is -1.56. The number of ether oxygens (including phenoxy) is 2. The van der Waals surface area contributed by atoms with E-state index in [4.69, 9.17) is 15.3 Å². The first kappa shape index (κ1) is 14.8. The van der Waals surface area contributed by atoms with Crippen LogP contribution in [0.4, 0.5) is 0 Å². The highest BCUT2D eigenvalue weighted by atomic mass is 79.9. The van der Waals surface area contributed by atoms with E-state index < -0.39 is 0 Å². The van der Waals surface area contributed by atoms with Gasteiger partial charge in [-0.15, -0.1) is 0 Å². The lowest BCUT2D eigenvalue weighted by atomic mass is 9.99. The van der Waals surface area contributed by atoms with Gasteiger partial charge in [-0.25, -0.2) is 5.43 Å². The maximum atomic E-state index is 5.72. The van der Waals surface area contributed by atoms with Crippen molar-refractivity contribution in [3.63, 3.8) is 0 Å². The molecule has 1 unspecified atom stereocenters. The predicted octanol–water partition coefficient (Wildman–Crippen LogP) is 3.02. The van der Waals surface area contributed by atoms with Gasteiger partial charge in [0.15, 0.2) is 0 Å². The third-order valence-electron chi connectivity index (χ3n) is 3.13. The molecule has 0 aliphatic rings. The van der Waals surface area contributed by atoms with Gasteiger partial charge in [0.2, 0.25) is 0 Å². The highest BCUT2D eigenvalue weighted by Gasteiger charge is 2.16. The Morgan fingerprint density at radius 1 is 1.00 bits per heavy atom. The minimum atomic E-state index is -0.134. The zero-order valence-corrected chi connectivity index (χ0v) is 13.0. The topological polar surface area (TPSA) is 56.5 Å². The molecule has 1 atom stereocenters. The molecule has 0 spiro atoms. The van der Waals surface area contributed by atoms with Crippen LogP contribution in [0.2, 0.25) is 0 Å². The largest absolute Gasteiger partial charge is 0.497 e. The molecule has 4 nitrogen and oxygen atoms in total. The van der Waals surface area contributed by atoms with Crippen molar-refractivity contribution >= 4 is 15.9 Å². The van der Waals surface area contributed by atoms with Gasteiger partial charge in [-0.3, -0.25) is 5.84 Å². The Morgan fingerprint density at radius 3 is 2.15 bits per heavy atom. The molecule has 0 radical (unpaired) electrons. The molecule has 0 fully saturated rings. The Kier molecular flexibility index (Phi) is 5.00. The van der Waals surface area contributed by atoms with Crippen LogP contribution >= 0.6 is 15.9 Å². The number of methoxy groups -OCH3 is 2. The van der Waals surface area contributed by atoms with Crippen LogP contribution in [0.5, 0.6) is 11.5 Å². The van der Waals surface area contributed by atoms with Crippen LogP contribution in [0.15, 0.2) is 46.9 Å². The Labute approximate surface area is 127 Å². The molecule has 0 saturated heterocycles. The highest BCUT2D eigenvalue weighted by molar-refractivity contribution is 9.10. The van der Waals surface area contributed by atoms with Gasteiger partial charge in [0.25, 0.3) is 0 Å². The molecule has 0 aliphatic heterocycles. The van der Waals surface area contributed by atoms with Gasteiger partial charge >= 0.3 is 0 Å². The van der Waals surface area contributed by atoms with Crippen molar-refractivity contribution in [2.45, 2.75) is 6.04 Å². The molecule has 3 N–H and O–H groups in total. The summed E-state index contributed by atoms with van der Waals surface area (Å²) in [6, 6.07) is 13.5. The molecule has 2 aromatic carbocycles. The first-order valence-corrected chi connectivity index (χ1v) is 6.92. The second kappa shape index (κ2) is 6.74. The summed E-state index contributed by atoms with van der Waals surface area (Å²) in [6.07, 6.45) is 0. The predicted molar refractivity (Wildman–Crippen MR) is 82.9 cm³/mol. The fourth-order valence-corrected chi connectivity index (χ4v) is 2.51. The molecule has 2 aromatic rings. The molecule has 0 aliphatic carbocycles. The standard InChI is InChI=1S/C15H17BrN2O2/c1-19-11-5-3-10(4-6-11)15(18-17)13-9-12(20-2)7-8-14(13)16/h3-9,15,18H,17H2,1-2H3. The minimum Gasteiger partial charge on any atom is -0.497 e. The summed E-state index contributed by atoms with van der Waals surface area (Å²) >= 11 is 3.55. The molecule has 5 heteroatoms. The average molecular weight is 337 g/mol. The van der Waals surface area contributed by atoms with E-state index in [9.17, 15) is 0 Å². The van der Waals surface area contributed by atoms with Crippen molar-refractivity contribution < 1.29 is 9.47 Å². The van der Waals surface area contributed by atoms with E-state index in [1.165, 1.54) is 0 Å². The van der Waals surface area contributed by atoms with Gasteiger partial charge in [-0.2, -0.15) is 0 Å². The van der Waals surface area contributed by atoms with Crippen LogP contribution in [0.25, 0.3) is 0 Å². The first-order valence-electron chi connectivity index (χ1n) is 6.13. The van der Waals surface area contributed by atoms with E-state index in [1.807, 2.05) is 42.5 Å². The zero-order chi connectivity index (χ0) is 14.5. The van der Waals surface area contributed by atoms with Crippen LogP contribution < -0.4 is 20.7 Å². The number of hydrogen-bond donors (Lipinski definition) is 2. The van der Waals surface area contributed by atoms with Crippen molar-refractivity contribution in [3.05, 3.63) is 58.1 Å². The lowest BCUT2D eigenvalue weighted by molar-refractivity contribution is 0.413. The molecule has 0 heterocycles. The highest BCUT2D eigenvalue weighted by Crippen LogP contribution is 2.31. The van der Waals surface area contributed by atoms with Crippen LogP contribution in [0.3, 0.4) is 0 Å². The lowest BCUT2D eigenvalue weighted by Crippen LogP contribution is -2.29. The van der Waals surface area contributed by atoms with Crippen molar-refractivity contribution in [2.24, 2.45) is 5.84 Å². The summed E-state index contributed by atoms with van der Waals surface area (Å²) in [6.45, 7) is 0. The van der Waals surface area contributed by atoms with E-state index in [1.54, 1.807) is 14.2 Å². The first-order chi connectivity index (χ1) is 9.69. The second-order valence-electron chi connectivity index (χ2n) is 4.26. The number of rotatable bonds is 5. The normalized spacial score (nSPS) is 12.0. The fourth-order valence-electron chi connectivity index (χ4n) is 2.03. The molecular formula is C15H17BrN2O2. The van der Waals surface area contributed by atoms with E-state index in [2.05, 4.69) is 21.4 Å². The molecule has 20 heavy (non-hydrogen) atoms. The molecule has 106 valence electrons. The van der Waals surface area contributed by atoms with Gasteiger partial charge in [0.1, 0.15) is 11.5 Å². The number of halogens is 1. The van der Waals surface area contributed by atoms with E-state index in [-0.39, 0.29) is 6.04 Å². The second-order valence-corrected chi connectivity index (χ2v) is 5.11. The monoisotopic (exact) mass is 336 g/mol. The summed E-state index contributed by atoms with van der Waals surface area (Å²) in [4.78, 5) is 0. The van der Waals surface area contributed by atoms with Gasteiger partial charge in [0, 0.05) is 4.47 Å². The van der Waals surface area contributed by atoms with Gasteiger partial charge in [-0.1, -0.05) is 28.1 Å². The molecule has 0 amide bonds. The zero-order valence-electron chi connectivity index (χ0n) is 11.4. The van der Waals surface area contributed by atoms with Crippen LogP contribution in [-0.2, 0) is 0 Å². The maximum Gasteiger partial charge on any atom is 0.119 e. The fraction of sp³-hybridized carbons (Fsp3) is 0.200. The summed E-state index contributed by atoms with van der Waals surface area (Å²) in [5.41, 5.74) is 4.89. The quantitative estimate of drug-likeness (QED) is 0.651. The summed E-state index contributed by atoms with van der Waals surface area (Å²) in [5.74, 6) is 7.33. The lowest BCUT2D eigenvalue weighted by Gasteiger charge is -2.19. The number of nitrogens with one attached hydrogen (secondary N) is 1. The summed E-state index contributed by atoms with van der Waals surface area (Å²) in [5, 5.41) is 0. The summed E-state index contributed by atoms with van der Waals surface area (Å²) in [7, 11) is 3.29. The van der Waals surface area contributed by atoms with Crippen LogP contribution in [0.1, 0.15) is 17.2 Å². The van der Waals surface area contributed by atoms with Crippen molar-refractivity contribution in [1.82, 2.24) is 5.43 Å². The van der Waals surface area contributed by atoms with Crippen molar-refractivity contribution in [3.8, 4) is 11.5 Å². The van der Waals surface area contributed by atoms with E-state index in [0.29, 0.717) is 0 Å². The maximum absolute atomic E-state index is 5.72. The van der Waals surface area contributed by atoms with Gasteiger partial charge < -0.3 is 9.47 Å². The Bertz CT molecular complexity index is 573. The van der Waals surface area contributed by atoms with Crippen LogP contribution in [0, 0.1) is 0 Å². The number of hydrazine groups is 1. The van der Waals surface area contributed by atoms with E-state index in [0.717, 1.165) is 27.1 Å². The van der Waals surface area contributed by atoms with Crippen molar-refractivity contribution in [2.75, 3.05) is 14.2 Å². The third-order valence-corrected chi connectivity index (χ3v) is 3.85. The van der Waals surface area contributed by atoms with Crippen molar-refractivity contribution in [1.29, 1.82) is 0 Å². The smallest absolute Gasteiger partial charge is 0.119 e. The molecular weight excluding hydrogens is 320 g/mol. The number of benzene rings is 2. The SMILES string of the molecule is COc1ccc(C(NN)c2cc(OC)ccc2Br)cc1. The summed E-state index contributed by atoms with van der Waals surface area (Å²) < 4.78 is 11.4. The molecule has 0 bridgehead atoms. The molecule has 2 rings (SSSR count).